The van der Waals surface area contributed by atoms with Gasteiger partial charge in [0.15, 0.2) is 0 Å². The Labute approximate surface area is 73.0 Å². The SMILES string of the molecule is CC1CCC2(CC1)CN=C(N)O2. The van der Waals surface area contributed by atoms with E-state index >= 15 is 0 Å². The first-order chi connectivity index (χ1) is 5.70. The van der Waals surface area contributed by atoms with Crippen LogP contribution < -0.4 is 5.73 Å². The first-order valence-electron chi connectivity index (χ1n) is 4.69. The van der Waals surface area contributed by atoms with Crippen LogP contribution in [0.3, 0.4) is 0 Å². The van der Waals surface area contributed by atoms with Crippen molar-refractivity contribution in [2.45, 2.75) is 38.2 Å². The number of hydrogen-bond acceptors (Lipinski definition) is 3. The second kappa shape index (κ2) is 2.64. The van der Waals surface area contributed by atoms with Gasteiger partial charge in [0, 0.05) is 0 Å². The van der Waals surface area contributed by atoms with Gasteiger partial charge in [-0.3, -0.25) is 0 Å². The van der Waals surface area contributed by atoms with Crippen LogP contribution in [0, 0.1) is 5.92 Å². The molecule has 0 radical (unpaired) electrons. The predicted octanol–water partition coefficient (Wildman–Crippen LogP) is 1.28. The molecule has 0 bridgehead atoms. The minimum Gasteiger partial charge on any atom is -0.457 e. The van der Waals surface area contributed by atoms with Gasteiger partial charge in [-0.2, -0.15) is 0 Å². The molecule has 0 aromatic carbocycles. The summed E-state index contributed by atoms with van der Waals surface area (Å²) in [5, 5.41) is 0. The Morgan fingerprint density at radius 3 is 2.67 bits per heavy atom. The molecule has 2 aliphatic rings. The topological polar surface area (TPSA) is 47.6 Å². The molecule has 0 aromatic rings. The van der Waals surface area contributed by atoms with E-state index in [4.69, 9.17) is 10.5 Å². The quantitative estimate of drug-likeness (QED) is 0.592. The molecule has 1 aliphatic heterocycles. The first-order valence-corrected chi connectivity index (χ1v) is 4.69. The zero-order valence-corrected chi connectivity index (χ0v) is 7.55. The maximum Gasteiger partial charge on any atom is 0.282 e. The van der Waals surface area contributed by atoms with E-state index in [0.717, 1.165) is 25.3 Å². The Morgan fingerprint density at radius 2 is 2.17 bits per heavy atom. The number of nitrogens with two attached hydrogens (primary N) is 1. The molecule has 1 aliphatic carbocycles. The lowest BCUT2D eigenvalue weighted by molar-refractivity contribution is 0.0321. The average Bonchev–Trinajstić information content (AvgIpc) is 2.40. The zero-order valence-electron chi connectivity index (χ0n) is 7.55. The number of rotatable bonds is 0. The Morgan fingerprint density at radius 1 is 1.50 bits per heavy atom. The molecule has 1 heterocycles. The predicted molar refractivity (Wildman–Crippen MR) is 47.9 cm³/mol. The molecule has 0 atom stereocenters. The van der Waals surface area contributed by atoms with Crippen molar-refractivity contribution in [3.05, 3.63) is 0 Å². The molecule has 12 heavy (non-hydrogen) atoms. The standard InChI is InChI=1S/C9H16N2O/c1-7-2-4-9(5-3-7)6-11-8(10)12-9/h7H,2-6H2,1H3,(H2,10,11). The summed E-state index contributed by atoms with van der Waals surface area (Å²) in [4.78, 5) is 4.11. The van der Waals surface area contributed by atoms with Gasteiger partial charge in [-0.25, -0.2) is 4.99 Å². The number of ether oxygens (including phenoxy) is 1. The molecule has 0 unspecified atom stereocenters. The van der Waals surface area contributed by atoms with Crippen molar-refractivity contribution in [3.63, 3.8) is 0 Å². The molecule has 0 aromatic heterocycles. The van der Waals surface area contributed by atoms with Gasteiger partial charge in [0.1, 0.15) is 5.60 Å². The van der Waals surface area contributed by atoms with Gasteiger partial charge in [-0.1, -0.05) is 6.92 Å². The third kappa shape index (κ3) is 1.28. The van der Waals surface area contributed by atoms with Gasteiger partial charge in [-0.05, 0) is 31.6 Å². The van der Waals surface area contributed by atoms with Gasteiger partial charge in [0.05, 0.1) is 6.54 Å². The van der Waals surface area contributed by atoms with Crippen molar-refractivity contribution in [3.8, 4) is 0 Å². The van der Waals surface area contributed by atoms with Crippen molar-refractivity contribution in [2.24, 2.45) is 16.6 Å². The summed E-state index contributed by atoms with van der Waals surface area (Å²) >= 11 is 0. The van der Waals surface area contributed by atoms with E-state index in [1.54, 1.807) is 0 Å². The monoisotopic (exact) mass is 168 g/mol. The summed E-state index contributed by atoms with van der Waals surface area (Å²) in [6.07, 6.45) is 4.75. The smallest absolute Gasteiger partial charge is 0.282 e. The molecule has 0 saturated heterocycles. The fourth-order valence-corrected chi connectivity index (χ4v) is 2.06. The largest absolute Gasteiger partial charge is 0.457 e. The highest BCUT2D eigenvalue weighted by Gasteiger charge is 2.39. The molecule has 2 rings (SSSR count). The van der Waals surface area contributed by atoms with Crippen molar-refractivity contribution in [1.82, 2.24) is 0 Å². The molecule has 2 N–H and O–H groups in total. The van der Waals surface area contributed by atoms with E-state index in [9.17, 15) is 0 Å². The van der Waals surface area contributed by atoms with Crippen molar-refractivity contribution in [1.29, 1.82) is 0 Å². The fourth-order valence-electron chi connectivity index (χ4n) is 2.06. The van der Waals surface area contributed by atoms with E-state index in [0.29, 0.717) is 6.02 Å². The molecule has 1 spiro atoms. The minimum absolute atomic E-state index is 0.00338. The Kier molecular flexibility index (Phi) is 1.74. The lowest BCUT2D eigenvalue weighted by Crippen LogP contribution is -2.38. The van der Waals surface area contributed by atoms with Crippen LogP contribution in [-0.2, 0) is 4.74 Å². The number of amidine groups is 1. The number of nitrogens with zero attached hydrogens (tertiary/aromatic N) is 1. The second-order valence-corrected chi connectivity index (χ2v) is 4.12. The van der Waals surface area contributed by atoms with Gasteiger partial charge in [0.2, 0.25) is 0 Å². The van der Waals surface area contributed by atoms with Crippen LogP contribution in [0.5, 0.6) is 0 Å². The highest BCUT2D eigenvalue weighted by molar-refractivity contribution is 5.73. The van der Waals surface area contributed by atoms with E-state index in [2.05, 4.69) is 11.9 Å². The molecular formula is C9H16N2O. The van der Waals surface area contributed by atoms with Crippen molar-refractivity contribution in [2.75, 3.05) is 6.54 Å². The van der Waals surface area contributed by atoms with Crippen LogP contribution in [0.2, 0.25) is 0 Å². The molecule has 68 valence electrons. The number of hydrogen-bond donors (Lipinski definition) is 1. The van der Waals surface area contributed by atoms with Gasteiger partial charge < -0.3 is 10.5 Å². The summed E-state index contributed by atoms with van der Waals surface area (Å²) in [6, 6.07) is 0.393. The van der Waals surface area contributed by atoms with E-state index in [1.807, 2.05) is 0 Å². The normalized spacial score (nSPS) is 41.1. The summed E-state index contributed by atoms with van der Waals surface area (Å²) in [5.74, 6) is 0.848. The summed E-state index contributed by atoms with van der Waals surface area (Å²) in [7, 11) is 0. The van der Waals surface area contributed by atoms with Crippen LogP contribution in [-0.4, -0.2) is 18.2 Å². The zero-order chi connectivity index (χ0) is 8.60. The Hall–Kier alpha value is -0.730. The van der Waals surface area contributed by atoms with Crippen LogP contribution in [0.1, 0.15) is 32.6 Å². The Bertz CT molecular complexity index is 205. The van der Waals surface area contributed by atoms with Crippen LogP contribution in [0.15, 0.2) is 4.99 Å². The lowest BCUT2D eigenvalue weighted by Gasteiger charge is -2.34. The van der Waals surface area contributed by atoms with Gasteiger partial charge in [-0.15, -0.1) is 0 Å². The van der Waals surface area contributed by atoms with Crippen LogP contribution >= 0.6 is 0 Å². The first kappa shape index (κ1) is 7.90. The number of aliphatic imine (C=N–C) groups is 1. The van der Waals surface area contributed by atoms with Crippen LogP contribution in [0.25, 0.3) is 0 Å². The molecule has 1 saturated carbocycles. The highest BCUT2D eigenvalue weighted by atomic mass is 16.5. The summed E-state index contributed by atoms with van der Waals surface area (Å²) < 4.78 is 5.57. The molecule has 3 heteroatoms. The highest BCUT2D eigenvalue weighted by Crippen LogP contribution is 2.36. The molecular weight excluding hydrogens is 152 g/mol. The van der Waals surface area contributed by atoms with Crippen molar-refractivity contribution >= 4 is 6.02 Å². The van der Waals surface area contributed by atoms with E-state index < -0.39 is 0 Å². The van der Waals surface area contributed by atoms with Gasteiger partial charge in [0.25, 0.3) is 6.02 Å². The maximum absolute atomic E-state index is 5.57. The van der Waals surface area contributed by atoms with Crippen molar-refractivity contribution < 1.29 is 4.74 Å². The van der Waals surface area contributed by atoms with Gasteiger partial charge >= 0.3 is 0 Å². The van der Waals surface area contributed by atoms with E-state index in [-0.39, 0.29) is 5.60 Å². The summed E-state index contributed by atoms with van der Waals surface area (Å²) in [5.41, 5.74) is 5.50. The third-order valence-electron chi connectivity index (χ3n) is 3.03. The summed E-state index contributed by atoms with van der Waals surface area (Å²) in [6.45, 7) is 3.08. The maximum atomic E-state index is 5.57. The lowest BCUT2D eigenvalue weighted by atomic mass is 9.80. The molecule has 3 nitrogen and oxygen atoms in total. The fraction of sp³-hybridized carbons (Fsp3) is 0.889. The van der Waals surface area contributed by atoms with Crippen LogP contribution in [0.4, 0.5) is 0 Å². The van der Waals surface area contributed by atoms with E-state index in [1.165, 1.54) is 12.8 Å². The Balaban J connectivity index is 1.97. The molecule has 0 amide bonds. The minimum atomic E-state index is -0.00338. The molecule has 1 fully saturated rings. The second-order valence-electron chi connectivity index (χ2n) is 4.12. The third-order valence-corrected chi connectivity index (χ3v) is 3.03. The average molecular weight is 168 g/mol.